The number of aromatic nitrogens is 3. The van der Waals surface area contributed by atoms with Gasteiger partial charge in [0.25, 0.3) is 0 Å². The topological polar surface area (TPSA) is 59.8 Å². The lowest BCUT2D eigenvalue weighted by molar-refractivity contribution is -0.121. The van der Waals surface area contributed by atoms with Crippen LogP contribution in [0.15, 0.2) is 29.4 Å². The van der Waals surface area contributed by atoms with E-state index >= 15 is 0 Å². The number of amides is 1. The lowest BCUT2D eigenvalue weighted by Crippen LogP contribution is -2.44. The van der Waals surface area contributed by atoms with Crippen molar-refractivity contribution in [2.75, 3.05) is 0 Å². The third kappa shape index (κ3) is 4.72. The Hall–Kier alpha value is -1.82. The number of hydrogen-bond donors (Lipinski definition) is 1. The fraction of sp³-hybridized carbons (Fsp3) is 0.571. The molecular formula is C21H30N4OS. The molecule has 0 aliphatic heterocycles. The summed E-state index contributed by atoms with van der Waals surface area (Å²) in [6.07, 6.45) is 4.78. The normalized spacial score (nSPS) is 21.0. The molecule has 6 heteroatoms. The quantitative estimate of drug-likeness (QED) is 0.745. The first-order chi connectivity index (χ1) is 13.0. The van der Waals surface area contributed by atoms with Gasteiger partial charge >= 0.3 is 0 Å². The number of carbonyl (C=O) groups excluding carboxylic acids is 1. The number of thioether (sulfide) groups is 1. The molecule has 1 N–H and O–H groups in total. The largest absolute Gasteiger partial charge is 0.352 e. The van der Waals surface area contributed by atoms with Crippen molar-refractivity contribution in [1.82, 2.24) is 20.1 Å². The van der Waals surface area contributed by atoms with Crippen LogP contribution in [-0.4, -0.2) is 32.0 Å². The van der Waals surface area contributed by atoms with Crippen LogP contribution < -0.4 is 5.32 Å². The summed E-state index contributed by atoms with van der Waals surface area (Å²) in [7, 11) is 0. The molecule has 0 bridgehead atoms. The Morgan fingerprint density at radius 2 is 2.11 bits per heavy atom. The number of carbonyl (C=O) groups is 1. The highest BCUT2D eigenvalue weighted by atomic mass is 32.2. The Morgan fingerprint density at radius 3 is 2.81 bits per heavy atom. The molecule has 1 aromatic heterocycles. The number of aryl methyl sites for hydroxylation is 1. The van der Waals surface area contributed by atoms with E-state index < -0.39 is 0 Å². The Morgan fingerprint density at radius 1 is 1.33 bits per heavy atom. The van der Waals surface area contributed by atoms with Gasteiger partial charge in [-0.15, -0.1) is 10.2 Å². The second kappa shape index (κ2) is 8.91. The van der Waals surface area contributed by atoms with Crippen LogP contribution >= 0.6 is 11.8 Å². The summed E-state index contributed by atoms with van der Waals surface area (Å²) in [5.41, 5.74) is 2.26. The molecule has 1 amide bonds. The molecule has 0 spiro atoms. The zero-order chi connectivity index (χ0) is 19.4. The number of benzene rings is 1. The fourth-order valence-electron chi connectivity index (χ4n) is 3.70. The fourth-order valence-corrected chi connectivity index (χ4v) is 4.62. The predicted octanol–water partition coefficient (Wildman–Crippen LogP) is 4.45. The maximum absolute atomic E-state index is 12.7. The molecule has 1 aliphatic carbocycles. The smallest absolute Gasteiger partial charge is 0.233 e. The summed E-state index contributed by atoms with van der Waals surface area (Å²) in [6, 6.07) is 8.59. The van der Waals surface area contributed by atoms with Crippen molar-refractivity contribution < 1.29 is 4.79 Å². The number of hydrogen-bond acceptors (Lipinski definition) is 4. The molecule has 3 unspecified atom stereocenters. The van der Waals surface area contributed by atoms with Crippen LogP contribution in [0.2, 0.25) is 0 Å². The Kier molecular flexibility index (Phi) is 6.58. The van der Waals surface area contributed by atoms with E-state index in [9.17, 15) is 4.79 Å². The number of nitrogens with zero attached hydrogens (tertiary/aromatic N) is 3. The molecule has 1 aliphatic rings. The van der Waals surface area contributed by atoms with Crippen molar-refractivity contribution in [3.8, 4) is 11.4 Å². The first kappa shape index (κ1) is 19.9. The van der Waals surface area contributed by atoms with Crippen molar-refractivity contribution in [1.29, 1.82) is 0 Å². The van der Waals surface area contributed by atoms with Gasteiger partial charge in [-0.1, -0.05) is 55.3 Å². The van der Waals surface area contributed by atoms with Gasteiger partial charge in [0, 0.05) is 18.2 Å². The van der Waals surface area contributed by atoms with E-state index in [1.807, 2.05) is 13.0 Å². The summed E-state index contributed by atoms with van der Waals surface area (Å²) in [5.74, 6) is 1.52. The van der Waals surface area contributed by atoms with Gasteiger partial charge in [0.2, 0.25) is 5.91 Å². The standard InChI is InChI=1S/C21H30N4OS/c1-5-25-19(17-11-8-9-14(2)13-17)23-24-21(25)27-16(4)20(26)22-18-12-7-6-10-15(18)3/h8-9,11,13,15-16,18H,5-7,10,12H2,1-4H3,(H,22,26). The van der Waals surface area contributed by atoms with Gasteiger partial charge in [-0.3, -0.25) is 4.79 Å². The first-order valence-electron chi connectivity index (χ1n) is 9.96. The van der Waals surface area contributed by atoms with E-state index in [2.05, 4.69) is 59.1 Å². The van der Waals surface area contributed by atoms with Crippen LogP contribution in [0.25, 0.3) is 11.4 Å². The average Bonchev–Trinajstić information content (AvgIpc) is 3.06. The van der Waals surface area contributed by atoms with E-state index in [1.54, 1.807) is 0 Å². The van der Waals surface area contributed by atoms with Crippen LogP contribution in [0.3, 0.4) is 0 Å². The molecule has 3 atom stereocenters. The zero-order valence-electron chi connectivity index (χ0n) is 16.7. The molecule has 146 valence electrons. The molecule has 1 aromatic carbocycles. The molecule has 5 nitrogen and oxygen atoms in total. The van der Waals surface area contributed by atoms with E-state index in [0.717, 1.165) is 29.5 Å². The van der Waals surface area contributed by atoms with Crippen molar-refractivity contribution in [3.63, 3.8) is 0 Å². The highest BCUT2D eigenvalue weighted by Gasteiger charge is 2.26. The maximum Gasteiger partial charge on any atom is 0.233 e. The Balaban J connectivity index is 1.70. The summed E-state index contributed by atoms with van der Waals surface area (Å²) in [6.45, 7) is 9.12. The lowest BCUT2D eigenvalue weighted by atomic mass is 9.86. The van der Waals surface area contributed by atoms with Crippen LogP contribution in [0.4, 0.5) is 0 Å². The third-order valence-electron chi connectivity index (χ3n) is 5.40. The first-order valence-corrected chi connectivity index (χ1v) is 10.8. The van der Waals surface area contributed by atoms with Gasteiger partial charge in [-0.25, -0.2) is 0 Å². The molecule has 3 rings (SSSR count). The second-order valence-electron chi connectivity index (χ2n) is 7.56. The van der Waals surface area contributed by atoms with Gasteiger partial charge in [0.1, 0.15) is 0 Å². The molecular weight excluding hydrogens is 356 g/mol. The van der Waals surface area contributed by atoms with E-state index in [0.29, 0.717) is 12.0 Å². The second-order valence-corrected chi connectivity index (χ2v) is 8.86. The molecule has 0 radical (unpaired) electrons. The summed E-state index contributed by atoms with van der Waals surface area (Å²) >= 11 is 1.49. The Labute approximate surface area is 166 Å². The third-order valence-corrected chi connectivity index (χ3v) is 6.48. The summed E-state index contributed by atoms with van der Waals surface area (Å²) < 4.78 is 2.09. The van der Waals surface area contributed by atoms with Crippen LogP contribution in [0, 0.1) is 12.8 Å². The van der Waals surface area contributed by atoms with Crippen molar-refractivity contribution in [2.45, 2.75) is 76.4 Å². The van der Waals surface area contributed by atoms with Crippen LogP contribution in [0.1, 0.15) is 52.0 Å². The van der Waals surface area contributed by atoms with Crippen molar-refractivity contribution in [2.24, 2.45) is 5.92 Å². The summed E-state index contributed by atoms with van der Waals surface area (Å²) in [4.78, 5) is 12.7. The molecule has 1 heterocycles. The van der Waals surface area contributed by atoms with Crippen molar-refractivity contribution in [3.05, 3.63) is 29.8 Å². The molecule has 27 heavy (non-hydrogen) atoms. The maximum atomic E-state index is 12.7. The molecule has 1 fully saturated rings. The number of nitrogens with one attached hydrogen (secondary N) is 1. The molecule has 0 saturated heterocycles. The van der Waals surface area contributed by atoms with Crippen molar-refractivity contribution >= 4 is 17.7 Å². The van der Waals surface area contributed by atoms with Gasteiger partial charge < -0.3 is 9.88 Å². The van der Waals surface area contributed by atoms with Gasteiger partial charge in [-0.2, -0.15) is 0 Å². The van der Waals surface area contributed by atoms with E-state index in [1.165, 1.54) is 36.6 Å². The molecule has 1 saturated carbocycles. The Bertz CT molecular complexity index is 788. The van der Waals surface area contributed by atoms with Gasteiger partial charge in [0.15, 0.2) is 11.0 Å². The number of rotatable bonds is 6. The molecule has 2 aromatic rings. The minimum absolute atomic E-state index is 0.0986. The van der Waals surface area contributed by atoms with Crippen LogP contribution in [0.5, 0.6) is 0 Å². The van der Waals surface area contributed by atoms with Gasteiger partial charge in [0.05, 0.1) is 5.25 Å². The monoisotopic (exact) mass is 386 g/mol. The van der Waals surface area contributed by atoms with Crippen LogP contribution in [-0.2, 0) is 11.3 Å². The lowest BCUT2D eigenvalue weighted by Gasteiger charge is -2.30. The highest BCUT2D eigenvalue weighted by Crippen LogP contribution is 2.28. The predicted molar refractivity (Wildman–Crippen MR) is 111 cm³/mol. The van der Waals surface area contributed by atoms with E-state index in [-0.39, 0.29) is 11.2 Å². The minimum atomic E-state index is -0.195. The SMILES string of the molecule is CCn1c(SC(C)C(=O)NC2CCCCC2C)nnc1-c1cccc(C)c1. The minimum Gasteiger partial charge on any atom is -0.352 e. The van der Waals surface area contributed by atoms with E-state index in [4.69, 9.17) is 0 Å². The zero-order valence-corrected chi connectivity index (χ0v) is 17.6. The average molecular weight is 387 g/mol. The highest BCUT2D eigenvalue weighted by molar-refractivity contribution is 8.00. The van der Waals surface area contributed by atoms with Gasteiger partial charge in [-0.05, 0) is 45.6 Å². The summed E-state index contributed by atoms with van der Waals surface area (Å²) in [5, 5.41) is 12.6.